The highest BCUT2D eigenvalue weighted by Gasteiger charge is 2.28. The van der Waals surface area contributed by atoms with Crippen LogP contribution in [0.5, 0.6) is 0 Å². The molecule has 0 fully saturated rings. The first-order valence-corrected chi connectivity index (χ1v) is 9.68. The molecule has 1 unspecified atom stereocenters. The molecule has 0 bridgehead atoms. The Morgan fingerprint density at radius 2 is 2.04 bits per heavy atom. The van der Waals surface area contributed by atoms with Gasteiger partial charge < -0.3 is 15.2 Å². The van der Waals surface area contributed by atoms with Crippen molar-refractivity contribution in [3.63, 3.8) is 0 Å². The summed E-state index contributed by atoms with van der Waals surface area (Å²) in [4.78, 5) is 24.6. The number of anilines is 1. The number of amides is 2. The van der Waals surface area contributed by atoms with Gasteiger partial charge in [0.15, 0.2) is 5.82 Å². The highest BCUT2D eigenvalue weighted by Crippen LogP contribution is 2.26. The van der Waals surface area contributed by atoms with Gasteiger partial charge in [-0.2, -0.15) is 0 Å². The van der Waals surface area contributed by atoms with Gasteiger partial charge in [0.25, 0.3) is 5.91 Å². The summed E-state index contributed by atoms with van der Waals surface area (Å²) in [7, 11) is 0. The lowest BCUT2D eigenvalue weighted by Gasteiger charge is -2.22. The van der Waals surface area contributed by atoms with Crippen molar-refractivity contribution < 1.29 is 9.59 Å². The molecule has 2 aliphatic heterocycles. The summed E-state index contributed by atoms with van der Waals surface area (Å²) >= 11 is 0. The van der Waals surface area contributed by atoms with Crippen LogP contribution in [0.4, 0.5) is 5.69 Å². The lowest BCUT2D eigenvalue weighted by molar-refractivity contribution is -0.116. The van der Waals surface area contributed by atoms with Gasteiger partial charge in [-0.1, -0.05) is 13.8 Å². The molecule has 1 aromatic heterocycles. The molecule has 1 aromatic carbocycles. The van der Waals surface area contributed by atoms with Crippen molar-refractivity contribution in [1.29, 1.82) is 0 Å². The van der Waals surface area contributed by atoms with Crippen LogP contribution < -0.4 is 10.6 Å². The van der Waals surface area contributed by atoms with E-state index in [-0.39, 0.29) is 23.8 Å². The van der Waals surface area contributed by atoms with E-state index in [0.29, 0.717) is 12.0 Å². The van der Waals surface area contributed by atoms with Crippen molar-refractivity contribution in [2.75, 3.05) is 5.32 Å². The molecule has 4 rings (SSSR count). The van der Waals surface area contributed by atoms with Crippen molar-refractivity contribution in [3.8, 4) is 0 Å². The average molecular weight is 367 g/mol. The molecular weight excluding hydrogens is 342 g/mol. The van der Waals surface area contributed by atoms with Gasteiger partial charge in [0.2, 0.25) is 5.91 Å². The highest BCUT2D eigenvalue weighted by atomic mass is 16.2. The number of nitrogens with one attached hydrogen (secondary N) is 2. The van der Waals surface area contributed by atoms with Gasteiger partial charge in [0, 0.05) is 30.6 Å². The van der Waals surface area contributed by atoms with Crippen LogP contribution in [-0.4, -0.2) is 26.6 Å². The third-order valence-corrected chi connectivity index (χ3v) is 5.36. The van der Waals surface area contributed by atoms with E-state index in [0.717, 1.165) is 55.1 Å². The maximum atomic E-state index is 12.9. The largest absolute Gasteiger partial charge is 0.342 e. The lowest BCUT2D eigenvalue weighted by Crippen LogP contribution is -2.33. The number of rotatable bonds is 4. The molecular formula is C20H25N5O2. The Labute approximate surface area is 158 Å². The van der Waals surface area contributed by atoms with Crippen molar-refractivity contribution in [2.45, 2.75) is 58.5 Å². The second-order valence-electron chi connectivity index (χ2n) is 7.70. The SMILES string of the molecule is CC(C)C(NC(=O)c1ccc2c(c1)CCCC(=O)N2)c1nnc2n1CCC2. The molecule has 2 N–H and O–H groups in total. The van der Waals surface area contributed by atoms with E-state index in [1.807, 2.05) is 12.1 Å². The molecule has 27 heavy (non-hydrogen) atoms. The number of fused-ring (bicyclic) bond motifs is 2. The highest BCUT2D eigenvalue weighted by molar-refractivity contribution is 5.97. The maximum Gasteiger partial charge on any atom is 0.251 e. The number of carbonyl (C=O) groups excluding carboxylic acids is 2. The van der Waals surface area contributed by atoms with E-state index >= 15 is 0 Å². The van der Waals surface area contributed by atoms with E-state index in [9.17, 15) is 9.59 Å². The van der Waals surface area contributed by atoms with Gasteiger partial charge in [-0.05, 0) is 48.9 Å². The summed E-state index contributed by atoms with van der Waals surface area (Å²) in [5.41, 5.74) is 2.43. The number of hydrogen-bond donors (Lipinski definition) is 2. The summed E-state index contributed by atoms with van der Waals surface area (Å²) in [6.07, 6.45) is 4.13. The minimum Gasteiger partial charge on any atom is -0.342 e. The Bertz CT molecular complexity index is 886. The van der Waals surface area contributed by atoms with E-state index in [1.165, 1.54) is 0 Å². The summed E-state index contributed by atoms with van der Waals surface area (Å²) in [6, 6.07) is 5.30. The Kier molecular flexibility index (Phi) is 4.68. The number of carbonyl (C=O) groups is 2. The van der Waals surface area contributed by atoms with Crippen LogP contribution in [0, 0.1) is 5.92 Å². The molecule has 7 nitrogen and oxygen atoms in total. The first-order valence-electron chi connectivity index (χ1n) is 9.68. The standard InChI is InChI=1S/C20H25N5O2/c1-12(2)18(19-24-23-16-6-4-10-25(16)19)22-20(27)14-8-9-15-13(11-14)5-3-7-17(26)21-15/h8-9,11-12,18H,3-7,10H2,1-2H3,(H,21,26)(H,22,27). The van der Waals surface area contributed by atoms with E-state index < -0.39 is 0 Å². The molecule has 2 amide bonds. The van der Waals surface area contributed by atoms with E-state index in [4.69, 9.17) is 0 Å². The molecule has 0 radical (unpaired) electrons. The third kappa shape index (κ3) is 3.46. The Balaban J connectivity index is 1.57. The van der Waals surface area contributed by atoms with Crippen LogP contribution in [0.25, 0.3) is 0 Å². The Hall–Kier alpha value is -2.70. The zero-order valence-corrected chi connectivity index (χ0v) is 15.8. The van der Waals surface area contributed by atoms with Crippen LogP contribution in [0.2, 0.25) is 0 Å². The van der Waals surface area contributed by atoms with Crippen LogP contribution in [0.1, 0.15) is 66.7 Å². The van der Waals surface area contributed by atoms with Crippen molar-refractivity contribution >= 4 is 17.5 Å². The Morgan fingerprint density at radius 1 is 1.19 bits per heavy atom. The molecule has 142 valence electrons. The zero-order chi connectivity index (χ0) is 19.0. The molecule has 0 spiro atoms. The molecule has 7 heteroatoms. The molecule has 0 saturated carbocycles. The number of aryl methyl sites for hydroxylation is 2. The molecule has 2 aromatic rings. The summed E-state index contributed by atoms with van der Waals surface area (Å²) in [5.74, 6) is 1.95. The van der Waals surface area contributed by atoms with Gasteiger partial charge in [0.05, 0.1) is 6.04 Å². The van der Waals surface area contributed by atoms with E-state index in [1.54, 1.807) is 6.07 Å². The normalized spacial score (nSPS) is 17.1. The van der Waals surface area contributed by atoms with Gasteiger partial charge in [-0.3, -0.25) is 9.59 Å². The van der Waals surface area contributed by atoms with Crippen molar-refractivity contribution in [1.82, 2.24) is 20.1 Å². The third-order valence-electron chi connectivity index (χ3n) is 5.36. The second kappa shape index (κ2) is 7.13. The Morgan fingerprint density at radius 3 is 2.85 bits per heavy atom. The predicted molar refractivity (Wildman–Crippen MR) is 101 cm³/mol. The van der Waals surface area contributed by atoms with E-state index in [2.05, 4.69) is 39.2 Å². The summed E-state index contributed by atoms with van der Waals surface area (Å²) < 4.78 is 2.14. The number of hydrogen-bond acceptors (Lipinski definition) is 4. The van der Waals surface area contributed by atoms with Crippen LogP contribution in [0.3, 0.4) is 0 Å². The maximum absolute atomic E-state index is 12.9. The minimum absolute atomic E-state index is 0.0338. The van der Waals surface area contributed by atoms with Crippen molar-refractivity contribution in [2.24, 2.45) is 5.92 Å². The average Bonchev–Trinajstić information content (AvgIpc) is 3.19. The number of benzene rings is 1. The van der Waals surface area contributed by atoms with Gasteiger partial charge in [-0.15, -0.1) is 10.2 Å². The first-order chi connectivity index (χ1) is 13.0. The molecule has 1 atom stereocenters. The smallest absolute Gasteiger partial charge is 0.251 e. The number of nitrogens with zero attached hydrogens (tertiary/aromatic N) is 3. The predicted octanol–water partition coefficient (Wildman–Crippen LogP) is 2.63. The van der Waals surface area contributed by atoms with Gasteiger partial charge >= 0.3 is 0 Å². The molecule has 0 aliphatic carbocycles. The van der Waals surface area contributed by atoms with Crippen molar-refractivity contribution in [3.05, 3.63) is 41.0 Å². The van der Waals surface area contributed by atoms with Crippen LogP contribution in [0.15, 0.2) is 18.2 Å². The fraction of sp³-hybridized carbons (Fsp3) is 0.500. The second-order valence-corrected chi connectivity index (χ2v) is 7.70. The number of aromatic nitrogens is 3. The molecule has 2 aliphatic rings. The monoisotopic (exact) mass is 367 g/mol. The fourth-order valence-corrected chi connectivity index (χ4v) is 3.87. The molecule has 0 saturated heterocycles. The topological polar surface area (TPSA) is 88.9 Å². The fourth-order valence-electron chi connectivity index (χ4n) is 3.87. The zero-order valence-electron chi connectivity index (χ0n) is 15.8. The minimum atomic E-state index is -0.185. The van der Waals surface area contributed by atoms with Crippen LogP contribution in [-0.2, 0) is 24.2 Å². The first kappa shape index (κ1) is 17.7. The summed E-state index contributed by atoms with van der Waals surface area (Å²) in [5, 5.41) is 14.7. The molecule has 3 heterocycles. The van der Waals surface area contributed by atoms with Gasteiger partial charge in [-0.25, -0.2) is 0 Å². The van der Waals surface area contributed by atoms with Gasteiger partial charge in [0.1, 0.15) is 5.82 Å². The lowest BCUT2D eigenvalue weighted by atomic mass is 10.0. The summed E-state index contributed by atoms with van der Waals surface area (Å²) in [6.45, 7) is 5.07. The quantitative estimate of drug-likeness (QED) is 0.869. The van der Waals surface area contributed by atoms with Crippen LogP contribution >= 0.6 is 0 Å².